The maximum atomic E-state index is 14.4. The highest BCUT2D eigenvalue weighted by Gasteiger charge is 2.35. The van der Waals surface area contributed by atoms with Gasteiger partial charge in [0.05, 0.1) is 89.0 Å². The van der Waals surface area contributed by atoms with Gasteiger partial charge in [-0.15, -0.1) is 0 Å². The van der Waals surface area contributed by atoms with Crippen molar-refractivity contribution in [1.82, 2.24) is 49.4 Å². The summed E-state index contributed by atoms with van der Waals surface area (Å²) in [5.41, 5.74) is 5.40. The number of aliphatic hydroxyl groups excluding tert-OH is 6. The van der Waals surface area contributed by atoms with Gasteiger partial charge in [-0.05, 0) is 94.9 Å². The minimum absolute atomic E-state index is 0.0130. The maximum absolute atomic E-state index is 14.4. The Labute approximate surface area is 479 Å². The third kappa shape index (κ3) is 29.3. The van der Waals surface area contributed by atoms with Gasteiger partial charge in [0.25, 0.3) is 0 Å². The van der Waals surface area contributed by atoms with Gasteiger partial charge < -0.3 is 85.8 Å². The molecule has 0 aliphatic rings. The first-order chi connectivity index (χ1) is 37.6. The van der Waals surface area contributed by atoms with Crippen molar-refractivity contribution in [3.8, 4) is 0 Å². The van der Waals surface area contributed by atoms with Gasteiger partial charge in [0, 0.05) is 63.4 Å². The quantitative estimate of drug-likeness (QED) is 0.0303. The van der Waals surface area contributed by atoms with E-state index in [-0.39, 0.29) is 32.2 Å². The van der Waals surface area contributed by atoms with Gasteiger partial charge in [0.2, 0.25) is 59.1 Å². The zero-order valence-corrected chi connectivity index (χ0v) is 50.8. The third-order valence-corrected chi connectivity index (χ3v) is 13.5. The number of amides is 10. The van der Waals surface area contributed by atoms with Crippen LogP contribution >= 0.6 is 0 Å². The Bertz CT molecular complexity index is 2010. The molecule has 0 bridgehead atoms. The van der Waals surface area contributed by atoms with E-state index in [0.717, 1.165) is 40.7 Å². The number of carbonyl (C=O) groups excluding carboxylic acids is 10. The summed E-state index contributed by atoms with van der Waals surface area (Å²) in [6.07, 6.45) is -5.06. The molecule has 0 aromatic heterocycles. The van der Waals surface area contributed by atoms with Crippen molar-refractivity contribution in [1.29, 1.82) is 0 Å². The first-order valence-electron chi connectivity index (χ1n) is 28.3. The van der Waals surface area contributed by atoms with Crippen molar-refractivity contribution in [3.63, 3.8) is 0 Å². The summed E-state index contributed by atoms with van der Waals surface area (Å²) in [6, 6.07) is -1.75. The minimum atomic E-state index is -1.22. The largest absolute Gasteiger partial charge is 0.392 e. The molecule has 0 aliphatic carbocycles. The number of hydrogen-bond donors (Lipinski definition) is 8. The van der Waals surface area contributed by atoms with E-state index in [2.05, 4.69) is 5.32 Å². The predicted octanol–water partition coefficient (Wildman–Crippen LogP) is -3.00. The van der Waals surface area contributed by atoms with Crippen LogP contribution in [-0.2, 0) is 47.9 Å². The highest BCUT2D eigenvalue weighted by Crippen LogP contribution is 2.14. The van der Waals surface area contributed by atoms with E-state index in [1.54, 1.807) is 41.5 Å². The molecule has 0 fully saturated rings. The number of aliphatic hydroxyl groups is 6. The normalized spacial score (nSPS) is 15.0. The molecule has 0 aromatic rings. The van der Waals surface area contributed by atoms with E-state index in [1.807, 2.05) is 13.8 Å². The molecule has 27 heteroatoms. The van der Waals surface area contributed by atoms with Crippen LogP contribution in [0.15, 0.2) is 0 Å². The van der Waals surface area contributed by atoms with Crippen molar-refractivity contribution in [2.75, 3.05) is 105 Å². The molecule has 10 unspecified atom stereocenters. The van der Waals surface area contributed by atoms with Crippen molar-refractivity contribution >= 4 is 59.1 Å². The van der Waals surface area contributed by atoms with Crippen LogP contribution in [0.2, 0.25) is 0 Å². The standard InChI is InChI=1S/C54H101N11O16/c1-15-35(5)56-19-46(73)57(20-39(9)66)27-47(74)61(24-43(13)70)31-53(80)64(37(7)17-3)33-51(78)59(22-41(11)68)29-49(76)62(25-44(14)71)32-54(81)65(38(8)18-4)34-50(77)58(21-40(10)67)28-48(75)60(23-42(12)69)30-52(79)63(26-45(55)72)36(6)16-2/h35-44,56,66-71H,15-34H2,1-14H3,(H2,55,72). The molecule has 0 aromatic carbocycles. The van der Waals surface area contributed by atoms with Crippen molar-refractivity contribution in [2.24, 2.45) is 5.73 Å². The van der Waals surface area contributed by atoms with Gasteiger partial charge in [-0.25, -0.2) is 0 Å². The Hall–Kier alpha value is -5.58. The van der Waals surface area contributed by atoms with E-state index in [9.17, 15) is 78.6 Å². The van der Waals surface area contributed by atoms with Crippen LogP contribution in [0.5, 0.6) is 0 Å². The molecule has 0 saturated carbocycles. The lowest BCUT2D eigenvalue weighted by Gasteiger charge is -2.36. The Kier molecular flexibility index (Phi) is 35.6. The molecular weight excluding hydrogens is 1060 g/mol. The minimum Gasteiger partial charge on any atom is -0.392 e. The molecule has 9 N–H and O–H groups in total. The lowest BCUT2D eigenvalue weighted by atomic mass is 10.2. The SMILES string of the molecule is CCC(C)NCC(=O)N(CC(=O)N(CC(=O)N(CC(=O)N(CC(=O)N(CC(=O)N(CC(=O)N(CC(=O)N(CC(=O)N(CC(N)=O)C(C)CC)CC(C)O)CC(C)O)C(C)CC)CC(C)O)CC(C)O)C(C)CC)CC(C)O)CC(C)O. The van der Waals surface area contributed by atoms with E-state index in [4.69, 9.17) is 5.73 Å². The summed E-state index contributed by atoms with van der Waals surface area (Å²) >= 11 is 0. The number of nitrogens with one attached hydrogen (secondary N) is 1. The molecule has 81 heavy (non-hydrogen) atoms. The molecule has 0 spiro atoms. The van der Waals surface area contributed by atoms with E-state index >= 15 is 0 Å². The summed E-state index contributed by atoms with van der Waals surface area (Å²) in [7, 11) is 0. The van der Waals surface area contributed by atoms with Crippen molar-refractivity contribution in [2.45, 2.75) is 183 Å². The number of rotatable bonds is 40. The van der Waals surface area contributed by atoms with Crippen LogP contribution in [0, 0.1) is 0 Å². The Morgan fingerprint density at radius 1 is 0.321 bits per heavy atom. The topological polar surface area (TPSA) is 359 Å². The van der Waals surface area contributed by atoms with Crippen LogP contribution in [-0.4, -0.2) is 299 Å². The Balaban J connectivity index is 6.85. The average Bonchev–Trinajstić information content (AvgIpc) is 3.36. The lowest BCUT2D eigenvalue weighted by molar-refractivity contribution is -0.151. The number of nitrogens with two attached hydrogens (primary N) is 1. The second-order valence-corrected chi connectivity index (χ2v) is 21.7. The van der Waals surface area contributed by atoms with E-state index < -0.39 is 192 Å². The Morgan fingerprint density at radius 3 is 0.741 bits per heavy atom. The molecule has 27 nitrogen and oxygen atoms in total. The van der Waals surface area contributed by atoms with Gasteiger partial charge in [0.15, 0.2) is 0 Å². The summed E-state index contributed by atoms with van der Waals surface area (Å²) in [6.45, 7) is 14.4. The van der Waals surface area contributed by atoms with Crippen LogP contribution in [0.4, 0.5) is 0 Å². The van der Waals surface area contributed by atoms with Crippen molar-refractivity contribution < 1.29 is 78.6 Å². The second kappa shape index (κ2) is 38.2. The second-order valence-electron chi connectivity index (χ2n) is 21.7. The molecular formula is C54H101N11O16. The average molecular weight is 1160 g/mol. The number of nitrogens with zero attached hydrogens (tertiary/aromatic N) is 9. The Morgan fingerprint density at radius 2 is 0.531 bits per heavy atom. The van der Waals surface area contributed by atoms with E-state index in [1.165, 1.54) is 51.3 Å². The first-order valence-corrected chi connectivity index (χ1v) is 28.3. The monoisotopic (exact) mass is 1160 g/mol. The molecule has 0 heterocycles. The van der Waals surface area contributed by atoms with Gasteiger partial charge >= 0.3 is 0 Å². The molecule has 0 rings (SSSR count). The zero-order chi connectivity index (χ0) is 62.6. The fourth-order valence-electron chi connectivity index (χ4n) is 8.30. The summed E-state index contributed by atoms with van der Waals surface area (Å²) in [5, 5.41) is 65.5. The number of carbonyl (C=O) groups is 10. The van der Waals surface area contributed by atoms with Crippen LogP contribution in [0.1, 0.15) is 123 Å². The summed E-state index contributed by atoms with van der Waals surface area (Å²) in [4.78, 5) is 147. The van der Waals surface area contributed by atoms with Crippen LogP contribution in [0.3, 0.4) is 0 Å². The van der Waals surface area contributed by atoms with Gasteiger partial charge in [-0.2, -0.15) is 0 Å². The molecule has 468 valence electrons. The third-order valence-electron chi connectivity index (χ3n) is 13.5. The molecule has 10 amide bonds. The fourth-order valence-corrected chi connectivity index (χ4v) is 8.30. The molecule has 0 aliphatic heterocycles. The van der Waals surface area contributed by atoms with Crippen LogP contribution in [0.25, 0.3) is 0 Å². The fraction of sp³-hybridized carbons (Fsp3) is 0.815. The molecule has 0 radical (unpaired) electrons. The lowest BCUT2D eigenvalue weighted by Crippen LogP contribution is -2.56. The highest BCUT2D eigenvalue weighted by molar-refractivity contribution is 5.94. The number of primary amides is 1. The molecule has 0 saturated heterocycles. The van der Waals surface area contributed by atoms with Gasteiger partial charge in [-0.1, -0.05) is 27.7 Å². The predicted molar refractivity (Wildman–Crippen MR) is 301 cm³/mol. The van der Waals surface area contributed by atoms with Crippen LogP contribution < -0.4 is 11.1 Å². The highest BCUT2D eigenvalue weighted by atomic mass is 16.3. The zero-order valence-electron chi connectivity index (χ0n) is 50.8. The summed E-state index contributed by atoms with van der Waals surface area (Å²) in [5.74, 6) is -7.42. The first kappa shape index (κ1) is 75.4. The van der Waals surface area contributed by atoms with Gasteiger partial charge in [-0.3, -0.25) is 47.9 Å². The van der Waals surface area contributed by atoms with E-state index in [0.29, 0.717) is 19.3 Å². The summed E-state index contributed by atoms with van der Waals surface area (Å²) < 4.78 is 0. The number of hydrogen-bond acceptors (Lipinski definition) is 17. The van der Waals surface area contributed by atoms with Crippen molar-refractivity contribution in [3.05, 3.63) is 0 Å². The van der Waals surface area contributed by atoms with Gasteiger partial charge in [0.1, 0.15) is 13.1 Å². The molecule has 10 atom stereocenters. The maximum Gasteiger partial charge on any atom is 0.242 e. The smallest absolute Gasteiger partial charge is 0.242 e.